The second kappa shape index (κ2) is 7.56. The van der Waals surface area contributed by atoms with Crippen LogP contribution in [0, 0.1) is 5.92 Å². The Morgan fingerprint density at radius 1 is 1.37 bits per heavy atom. The second-order valence-corrected chi connectivity index (χ2v) is 7.58. The molecule has 0 bridgehead atoms. The molecule has 1 saturated carbocycles. The first-order chi connectivity index (χ1) is 13.1. The summed E-state index contributed by atoms with van der Waals surface area (Å²) < 4.78 is 5.52. The van der Waals surface area contributed by atoms with Gasteiger partial charge in [0.2, 0.25) is 5.89 Å². The lowest BCUT2D eigenvalue weighted by molar-refractivity contribution is 0.0905. The van der Waals surface area contributed by atoms with E-state index in [0.717, 1.165) is 35.7 Å². The number of nitrogens with zero attached hydrogens (tertiary/aromatic N) is 1. The Morgan fingerprint density at radius 3 is 3.04 bits per heavy atom. The molecule has 4 rings (SSSR count). The highest BCUT2D eigenvalue weighted by Gasteiger charge is 2.25. The van der Waals surface area contributed by atoms with Gasteiger partial charge in [-0.1, -0.05) is 38.0 Å². The summed E-state index contributed by atoms with van der Waals surface area (Å²) in [4.78, 5) is 20.1. The van der Waals surface area contributed by atoms with E-state index in [9.17, 15) is 4.79 Å². The summed E-state index contributed by atoms with van der Waals surface area (Å²) in [5.74, 6) is 0.711. The molecule has 0 radical (unpaired) electrons. The molecule has 4 N–H and O–H groups in total. The lowest BCUT2D eigenvalue weighted by Gasteiger charge is -2.29. The summed E-state index contributed by atoms with van der Waals surface area (Å²) in [6.07, 6.45) is 8.55. The number of benzene rings is 1. The maximum atomic E-state index is 12.5. The molecule has 1 aliphatic carbocycles. The third-order valence-electron chi connectivity index (χ3n) is 5.61. The largest absolute Gasteiger partial charge is 0.446 e. The third kappa shape index (κ3) is 3.76. The number of hydrogen-bond donors (Lipinski definition) is 3. The van der Waals surface area contributed by atoms with E-state index in [1.807, 2.05) is 24.4 Å². The molecule has 0 spiro atoms. The molecule has 1 aliphatic rings. The van der Waals surface area contributed by atoms with Crippen molar-refractivity contribution in [1.82, 2.24) is 15.3 Å². The van der Waals surface area contributed by atoms with Gasteiger partial charge in [0.05, 0.1) is 6.04 Å². The zero-order chi connectivity index (χ0) is 18.8. The molecule has 3 atom stereocenters. The molecule has 1 aromatic carbocycles. The number of aromatic amines is 1. The number of oxazole rings is 1. The van der Waals surface area contributed by atoms with Crippen molar-refractivity contribution >= 4 is 16.8 Å². The molecule has 27 heavy (non-hydrogen) atoms. The van der Waals surface area contributed by atoms with Crippen LogP contribution in [-0.2, 0) is 6.42 Å². The molecule has 1 fully saturated rings. The highest BCUT2D eigenvalue weighted by Crippen LogP contribution is 2.25. The SMILES string of the molecule is CC1CCCCC1NC(=O)c1coc(C(N)Cc2c[nH]c3ccccc23)n1. The van der Waals surface area contributed by atoms with Crippen LogP contribution in [0.5, 0.6) is 0 Å². The molecular weight excluding hydrogens is 340 g/mol. The topological polar surface area (TPSA) is 96.9 Å². The number of nitrogens with one attached hydrogen (secondary N) is 2. The lowest BCUT2D eigenvalue weighted by atomic mass is 9.86. The van der Waals surface area contributed by atoms with E-state index in [-0.39, 0.29) is 11.9 Å². The van der Waals surface area contributed by atoms with Crippen LogP contribution in [0.15, 0.2) is 41.1 Å². The molecule has 2 heterocycles. The van der Waals surface area contributed by atoms with E-state index in [4.69, 9.17) is 10.2 Å². The van der Waals surface area contributed by atoms with Crippen molar-refractivity contribution in [3.63, 3.8) is 0 Å². The fraction of sp³-hybridized carbons (Fsp3) is 0.429. The highest BCUT2D eigenvalue weighted by molar-refractivity contribution is 5.92. The molecule has 3 aromatic rings. The van der Waals surface area contributed by atoms with Crippen LogP contribution in [0.4, 0.5) is 0 Å². The Morgan fingerprint density at radius 2 is 2.19 bits per heavy atom. The Hall–Kier alpha value is -2.60. The first-order valence-corrected chi connectivity index (χ1v) is 9.68. The average molecular weight is 366 g/mol. The van der Waals surface area contributed by atoms with Crippen molar-refractivity contribution in [3.8, 4) is 0 Å². The van der Waals surface area contributed by atoms with Gasteiger partial charge < -0.3 is 20.5 Å². The summed E-state index contributed by atoms with van der Waals surface area (Å²) in [5.41, 5.74) is 8.79. The van der Waals surface area contributed by atoms with Crippen LogP contribution in [0.25, 0.3) is 10.9 Å². The molecule has 1 amide bonds. The molecule has 142 valence electrons. The molecule has 6 heteroatoms. The Balaban J connectivity index is 1.43. The maximum Gasteiger partial charge on any atom is 0.273 e. The minimum absolute atomic E-state index is 0.178. The fourth-order valence-corrected chi connectivity index (χ4v) is 3.96. The number of hydrogen-bond acceptors (Lipinski definition) is 4. The Labute approximate surface area is 158 Å². The molecule has 0 saturated heterocycles. The van der Waals surface area contributed by atoms with Crippen LogP contribution in [-0.4, -0.2) is 21.9 Å². The van der Waals surface area contributed by atoms with E-state index in [1.165, 1.54) is 12.7 Å². The van der Waals surface area contributed by atoms with Gasteiger partial charge >= 0.3 is 0 Å². The van der Waals surface area contributed by atoms with Gasteiger partial charge in [0.25, 0.3) is 5.91 Å². The van der Waals surface area contributed by atoms with Gasteiger partial charge in [-0.15, -0.1) is 0 Å². The number of nitrogens with two attached hydrogens (primary N) is 1. The van der Waals surface area contributed by atoms with Gasteiger partial charge in [-0.3, -0.25) is 4.79 Å². The van der Waals surface area contributed by atoms with Gasteiger partial charge in [0, 0.05) is 23.1 Å². The van der Waals surface area contributed by atoms with Crippen molar-refractivity contribution in [2.45, 2.75) is 51.1 Å². The first-order valence-electron chi connectivity index (χ1n) is 9.68. The van der Waals surface area contributed by atoms with Gasteiger partial charge in [-0.2, -0.15) is 0 Å². The molecule has 0 aliphatic heterocycles. The zero-order valence-corrected chi connectivity index (χ0v) is 15.6. The van der Waals surface area contributed by atoms with Crippen molar-refractivity contribution in [1.29, 1.82) is 0 Å². The maximum absolute atomic E-state index is 12.5. The van der Waals surface area contributed by atoms with Gasteiger partial charge in [0.1, 0.15) is 6.26 Å². The zero-order valence-electron chi connectivity index (χ0n) is 15.6. The normalized spacial score (nSPS) is 21.3. The third-order valence-corrected chi connectivity index (χ3v) is 5.61. The van der Waals surface area contributed by atoms with Gasteiger partial charge in [-0.25, -0.2) is 4.98 Å². The summed E-state index contributed by atoms with van der Waals surface area (Å²) >= 11 is 0. The van der Waals surface area contributed by atoms with Crippen molar-refractivity contribution in [3.05, 3.63) is 53.9 Å². The van der Waals surface area contributed by atoms with E-state index < -0.39 is 6.04 Å². The predicted molar refractivity (Wildman–Crippen MR) is 104 cm³/mol. The van der Waals surface area contributed by atoms with Crippen LogP contribution in [0.3, 0.4) is 0 Å². The molecule has 3 unspecified atom stereocenters. The minimum Gasteiger partial charge on any atom is -0.446 e. The van der Waals surface area contributed by atoms with Crippen LogP contribution >= 0.6 is 0 Å². The van der Waals surface area contributed by atoms with E-state index >= 15 is 0 Å². The lowest BCUT2D eigenvalue weighted by Crippen LogP contribution is -2.41. The minimum atomic E-state index is -0.403. The van der Waals surface area contributed by atoms with E-state index in [0.29, 0.717) is 23.9 Å². The van der Waals surface area contributed by atoms with Crippen LogP contribution < -0.4 is 11.1 Å². The number of H-pyrrole nitrogens is 1. The molecular formula is C21H26N4O2. The summed E-state index contributed by atoms with van der Waals surface area (Å²) in [6, 6.07) is 7.91. The van der Waals surface area contributed by atoms with Gasteiger partial charge in [0.15, 0.2) is 5.69 Å². The summed E-state index contributed by atoms with van der Waals surface area (Å²) in [5, 5.41) is 4.24. The van der Waals surface area contributed by atoms with Crippen molar-refractivity contribution in [2.24, 2.45) is 11.7 Å². The smallest absolute Gasteiger partial charge is 0.273 e. The van der Waals surface area contributed by atoms with Crippen molar-refractivity contribution < 1.29 is 9.21 Å². The summed E-state index contributed by atoms with van der Waals surface area (Å²) in [7, 11) is 0. The molecule has 6 nitrogen and oxygen atoms in total. The monoisotopic (exact) mass is 366 g/mol. The van der Waals surface area contributed by atoms with Gasteiger partial charge in [-0.05, 0) is 36.8 Å². The van der Waals surface area contributed by atoms with Crippen molar-refractivity contribution in [2.75, 3.05) is 0 Å². The number of aromatic nitrogens is 2. The summed E-state index contributed by atoms with van der Waals surface area (Å²) in [6.45, 7) is 2.19. The second-order valence-electron chi connectivity index (χ2n) is 7.58. The highest BCUT2D eigenvalue weighted by atomic mass is 16.3. The number of amides is 1. The number of rotatable bonds is 5. The Bertz CT molecular complexity index is 929. The number of carbonyl (C=O) groups excluding carboxylic acids is 1. The number of carbonyl (C=O) groups is 1. The van der Waals surface area contributed by atoms with E-state index in [2.05, 4.69) is 28.3 Å². The average Bonchev–Trinajstić information content (AvgIpc) is 3.32. The van der Waals surface area contributed by atoms with Crippen LogP contribution in [0.1, 0.15) is 60.6 Å². The predicted octanol–water partition coefficient (Wildman–Crippen LogP) is 3.71. The number of para-hydroxylation sites is 1. The standard InChI is InChI=1S/C21H26N4O2/c1-13-6-2-4-8-17(13)24-20(26)19-12-27-21(25-19)16(22)10-14-11-23-18-9-5-3-7-15(14)18/h3,5,7,9,11-13,16-17,23H,2,4,6,8,10,22H2,1H3,(H,24,26). The van der Waals surface area contributed by atoms with E-state index in [1.54, 1.807) is 0 Å². The Kier molecular flexibility index (Phi) is 4.99. The fourth-order valence-electron chi connectivity index (χ4n) is 3.96. The quantitative estimate of drug-likeness (QED) is 0.641. The van der Waals surface area contributed by atoms with Crippen LogP contribution in [0.2, 0.25) is 0 Å². The molecule has 2 aromatic heterocycles. The first kappa shape index (κ1) is 17.8. The number of fused-ring (bicyclic) bond motifs is 1.